The number of halogens is 1. The molecule has 2 aromatic rings. The maximum atomic E-state index is 13.7. The lowest BCUT2D eigenvalue weighted by Gasteiger charge is -2.15. The third kappa shape index (κ3) is 2.92. The fraction of sp³-hybridized carbons (Fsp3) is 0.200. The van der Waals surface area contributed by atoms with E-state index in [0.29, 0.717) is 4.90 Å². The van der Waals surface area contributed by atoms with Gasteiger partial charge in [0.1, 0.15) is 5.82 Å². The fourth-order valence-corrected chi connectivity index (χ4v) is 2.79. The van der Waals surface area contributed by atoms with E-state index in [0.717, 1.165) is 4.90 Å². The second-order valence-corrected chi connectivity index (χ2v) is 5.16. The first-order valence-corrected chi connectivity index (χ1v) is 6.72. The number of rotatable bonds is 4. The summed E-state index contributed by atoms with van der Waals surface area (Å²) >= 11 is 1.47. The van der Waals surface area contributed by atoms with Crippen molar-refractivity contribution in [3.05, 3.63) is 59.9 Å². The Morgan fingerprint density at radius 1 is 1.00 bits per heavy atom. The minimum absolute atomic E-state index is 0.172. The highest BCUT2D eigenvalue weighted by molar-refractivity contribution is 7.99. The predicted molar refractivity (Wildman–Crippen MR) is 74.4 cm³/mol. The van der Waals surface area contributed by atoms with Crippen molar-refractivity contribution in [2.45, 2.75) is 22.8 Å². The summed E-state index contributed by atoms with van der Waals surface area (Å²) in [5.74, 6) is -0.172. The molecule has 0 aliphatic carbocycles. The van der Waals surface area contributed by atoms with Gasteiger partial charge in [0.05, 0.1) is 0 Å². The molecular weight excluding hydrogens is 245 g/mol. The molecule has 0 amide bonds. The first-order chi connectivity index (χ1) is 8.72. The van der Waals surface area contributed by atoms with Crippen LogP contribution in [0.4, 0.5) is 4.39 Å². The second kappa shape index (κ2) is 6.03. The van der Waals surface area contributed by atoms with Gasteiger partial charge in [-0.3, -0.25) is 0 Å². The van der Waals surface area contributed by atoms with Crippen LogP contribution in [-0.2, 0) is 0 Å². The van der Waals surface area contributed by atoms with Crippen LogP contribution in [0.1, 0.15) is 18.5 Å². The average molecular weight is 261 g/mol. The first-order valence-electron chi connectivity index (χ1n) is 5.91. The zero-order valence-electron chi connectivity index (χ0n) is 10.5. The standard InChI is InChI=1S/C15H16FNS/c1-11(17-2)12-7-3-5-9-14(12)18-15-10-6-4-8-13(15)16/h3-11,17H,1-2H3. The topological polar surface area (TPSA) is 12.0 Å². The first kappa shape index (κ1) is 13.1. The molecule has 3 heteroatoms. The van der Waals surface area contributed by atoms with E-state index in [-0.39, 0.29) is 11.9 Å². The van der Waals surface area contributed by atoms with Crippen LogP contribution in [0.2, 0.25) is 0 Å². The molecule has 0 aliphatic rings. The summed E-state index contributed by atoms with van der Waals surface area (Å²) < 4.78 is 13.7. The Balaban J connectivity index is 2.32. The largest absolute Gasteiger partial charge is 0.313 e. The normalized spacial score (nSPS) is 12.4. The molecule has 0 saturated carbocycles. The Morgan fingerprint density at radius 3 is 2.28 bits per heavy atom. The highest BCUT2D eigenvalue weighted by Gasteiger charge is 2.10. The fourth-order valence-electron chi connectivity index (χ4n) is 1.73. The van der Waals surface area contributed by atoms with E-state index in [9.17, 15) is 4.39 Å². The van der Waals surface area contributed by atoms with Crippen LogP contribution < -0.4 is 5.32 Å². The molecular formula is C15H16FNS. The van der Waals surface area contributed by atoms with Crippen molar-refractivity contribution in [1.82, 2.24) is 5.32 Å². The number of hydrogen-bond donors (Lipinski definition) is 1. The molecule has 1 unspecified atom stereocenters. The van der Waals surface area contributed by atoms with E-state index >= 15 is 0 Å². The predicted octanol–water partition coefficient (Wildman–Crippen LogP) is 4.26. The summed E-state index contributed by atoms with van der Waals surface area (Å²) in [6.07, 6.45) is 0. The Bertz CT molecular complexity index is 527. The molecule has 18 heavy (non-hydrogen) atoms. The summed E-state index contributed by atoms with van der Waals surface area (Å²) in [5, 5.41) is 3.21. The summed E-state index contributed by atoms with van der Waals surface area (Å²) in [5.41, 5.74) is 1.19. The van der Waals surface area contributed by atoms with Gasteiger partial charge in [0.25, 0.3) is 0 Å². The van der Waals surface area contributed by atoms with Crippen LogP contribution in [0.5, 0.6) is 0 Å². The van der Waals surface area contributed by atoms with E-state index in [1.807, 2.05) is 31.3 Å². The summed E-state index contributed by atoms with van der Waals surface area (Å²) in [6, 6.07) is 15.2. The molecule has 1 nitrogen and oxygen atoms in total. The third-order valence-corrected chi connectivity index (χ3v) is 4.02. The molecule has 0 bridgehead atoms. The monoisotopic (exact) mass is 261 g/mol. The number of benzene rings is 2. The van der Waals surface area contributed by atoms with E-state index in [1.165, 1.54) is 23.4 Å². The molecule has 0 fully saturated rings. The third-order valence-electron chi connectivity index (χ3n) is 2.88. The SMILES string of the molecule is CNC(C)c1ccccc1Sc1ccccc1F. The smallest absolute Gasteiger partial charge is 0.137 e. The molecule has 0 spiro atoms. The Kier molecular flexibility index (Phi) is 4.39. The van der Waals surface area contributed by atoms with Crippen molar-refractivity contribution in [3.8, 4) is 0 Å². The van der Waals surface area contributed by atoms with Crippen molar-refractivity contribution in [2.75, 3.05) is 7.05 Å². The van der Waals surface area contributed by atoms with Gasteiger partial charge in [0.2, 0.25) is 0 Å². The zero-order chi connectivity index (χ0) is 13.0. The van der Waals surface area contributed by atoms with Gasteiger partial charge in [0.15, 0.2) is 0 Å². The highest BCUT2D eigenvalue weighted by atomic mass is 32.2. The quantitative estimate of drug-likeness (QED) is 0.882. The molecule has 0 aliphatic heterocycles. The minimum atomic E-state index is -0.172. The molecule has 1 N–H and O–H groups in total. The van der Waals surface area contributed by atoms with Gasteiger partial charge in [-0.05, 0) is 37.7 Å². The minimum Gasteiger partial charge on any atom is -0.313 e. The molecule has 94 valence electrons. The maximum Gasteiger partial charge on any atom is 0.137 e. The lowest BCUT2D eigenvalue weighted by atomic mass is 10.1. The van der Waals surface area contributed by atoms with Crippen LogP contribution in [0.3, 0.4) is 0 Å². The van der Waals surface area contributed by atoms with Crippen molar-refractivity contribution in [1.29, 1.82) is 0 Å². The van der Waals surface area contributed by atoms with Gasteiger partial charge < -0.3 is 5.32 Å². The van der Waals surface area contributed by atoms with Crippen LogP contribution in [-0.4, -0.2) is 7.05 Å². The van der Waals surface area contributed by atoms with E-state index in [1.54, 1.807) is 12.1 Å². The molecule has 0 heterocycles. The van der Waals surface area contributed by atoms with Crippen molar-refractivity contribution in [2.24, 2.45) is 0 Å². The summed E-state index contributed by atoms with van der Waals surface area (Å²) in [7, 11) is 1.93. The number of hydrogen-bond acceptors (Lipinski definition) is 2. The molecule has 1 atom stereocenters. The molecule has 0 radical (unpaired) electrons. The van der Waals surface area contributed by atoms with E-state index < -0.39 is 0 Å². The zero-order valence-corrected chi connectivity index (χ0v) is 11.3. The molecule has 0 aromatic heterocycles. The van der Waals surface area contributed by atoms with Crippen molar-refractivity contribution in [3.63, 3.8) is 0 Å². The Morgan fingerprint density at radius 2 is 1.61 bits per heavy atom. The molecule has 2 aromatic carbocycles. The van der Waals surface area contributed by atoms with Gasteiger partial charge in [-0.25, -0.2) is 4.39 Å². The van der Waals surface area contributed by atoms with Crippen molar-refractivity contribution < 1.29 is 4.39 Å². The van der Waals surface area contributed by atoms with E-state index in [4.69, 9.17) is 0 Å². The average Bonchev–Trinajstić information content (AvgIpc) is 2.41. The van der Waals surface area contributed by atoms with Gasteiger partial charge in [0, 0.05) is 15.8 Å². The lowest BCUT2D eigenvalue weighted by Crippen LogP contribution is -2.13. The van der Waals surface area contributed by atoms with Crippen molar-refractivity contribution >= 4 is 11.8 Å². The van der Waals surface area contributed by atoms with Crippen LogP contribution in [0, 0.1) is 5.82 Å². The number of nitrogens with one attached hydrogen (secondary N) is 1. The van der Waals surface area contributed by atoms with Gasteiger partial charge in [-0.2, -0.15) is 0 Å². The molecule has 0 saturated heterocycles. The van der Waals surface area contributed by atoms with Crippen LogP contribution in [0.15, 0.2) is 58.3 Å². The Hall–Kier alpha value is -1.32. The maximum absolute atomic E-state index is 13.7. The van der Waals surface area contributed by atoms with Gasteiger partial charge in [-0.15, -0.1) is 0 Å². The highest BCUT2D eigenvalue weighted by Crippen LogP contribution is 2.34. The van der Waals surface area contributed by atoms with Gasteiger partial charge in [-0.1, -0.05) is 42.1 Å². The molecule has 2 rings (SSSR count). The van der Waals surface area contributed by atoms with E-state index in [2.05, 4.69) is 18.3 Å². The summed E-state index contributed by atoms with van der Waals surface area (Å²) in [6.45, 7) is 2.10. The Labute approximate surface area is 111 Å². The van der Waals surface area contributed by atoms with Crippen LogP contribution >= 0.6 is 11.8 Å². The lowest BCUT2D eigenvalue weighted by molar-refractivity contribution is 0.601. The van der Waals surface area contributed by atoms with Crippen LogP contribution in [0.25, 0.3) is 0 Å². The summed E-state index contributed by atoms with van der Waals surface area (Å²) in [4.78, 5) is 1.75. The second-order valence-electron chi connectivity index (χ2n) is 4.08. The van der Waals surface area contributed by atoms with Gasteiger partial charge >= 0.3 is 0 Å².